The van der Waals surface area contributed by atoms with Crippen LogP contribution in [0.15, 0.2) is 38.6 Å². The zero-order valence-electron chi connectivity index (χ0n) is 9.08. The zero-order valence-corrected chi connectivity index (χ0v) is 9.08. The number of ether oxygens (including phenoxy) is 1. The van der Waals surface area contributed by atoms with Gasteiger partial charge in [-0.05, 0) is 36.7 Å². The van der Waals surface area contributed by atoms with Gasteiger partial charge in [-0.1, -0.05) is 5.11 Å². The SMILES string of the molecule is CCOc1ccc2oc(=O)c(N=[N+]=[N-])cc2c1. The summed E-state index contributed by atoms with van der Waals surface area (Å²) < 4.78 is 10.3. The van der Waals surface area contributed by atoms with Crippen LogP contribution in [0.25, 0.3) is 21.4 Å². The van der Waals surface area contributed by atoms with Crippen molar-refractivity contribution in [1.29, 1.82) is 0 Å². The molecule has 0 radical (unpaired) electrons. The molecule has 17 heavy (non-hydrogen) atoms. The second kappa shape index (κ2) is 4.59. The number of hydrogen-bond acceptors (Lipinski definition) is 4. The molecule has 0 spiro atoms. The van der Waals surface area contributed by atoms with Crippen LogP contribution in [0.1, 0.15) is 6.92 Å². The zero-order chi connectivity index (χ0) is 12.3. The summed E-state index contributed by atoms with van der Waals surface area (Å²) in [5, 5.41) is 3.92. The minimum atomic E-state index is -0.653. The van der Waals surface area contributed by atoms with Gasteiger partial charge in [0.2, 0.25) is 0 Å². The van der Waals surface area contributed by atoms with Crippen molar-refractivity contribution in [2.45, 2.75) is 6.92 Å². The van der Waals surface area contributed by atoms with Crippen molar-refractivity contribution >= 4 is 16.7 Å². The van der Waals surface area contributed by atoms with Gasteiger partial charge in [0, 0.05) is 10.3 Å². The summed E-state index contributed by atoms with van der Waals surface area (Å²) in [6, 6.07) is 6.55. The largest absolute Gasteiger partial charge is 0.494 e. The Bertz CT molecular complexity index is 657. The molecule has 2 aromatic rings. The monoisotopic (exact) mass is 231 g/mol. The smallest absolute Gasteiger partial charge is 0.345 e. The summed E-state index contributed by atoms with van der Waals surface area (Å²) >= 11 is 0. The third-order valence-electron chi connectivity index (χ3n) is 2.15. The van der Waals surface area contributed by atoms with Gasteiger partial charge in [-0.25, -0.2) is 4.79 Å². The van der Waals surface area contributed by atoms with E-state index >= 15 is 0 Å². The maximum Gasteiger partial charge on any atom is 0.345 e. The van der Waals surface area contributed by atoms with Crippen LogP contribution in [0.2, 0.25) is 0 Å². The number of nitrogens with zero attached hydrogens (tertiary/aromatic N) is 3. The molecule has 0 aliphatic heterocycles. The van der Waals surface area contributed by atoms with Crippen LogP contribution in [-0.4, -0.2) is 6.61 Å². The lowest BCUT2D eigenvalue weighted by atomic mass is 10.2. The first-order chi connectivity index (χ1) is 8.24. The van der Waals surface area contributed by atoms with Crippen molar-refractivity contribution in [1.82, 2.24) is 0 Å². The first-order valence-electron chi connectivity index (χ1n) is 5.00. The van der Waals surface area contributed by atoms with Gasteiger partial charge >= 0.3 is 5.63 Å². The maximum absolute atomic E-state index is 11.4. The van der Waals surface area contributed by atoms with Gasteiger partial charge in [0.1, 0.15) is 17.0 Å². The average Bonchev–Trinajstić information content (AvgIpc) is 2.31. The first kappa shape index (κ1) is 11.0. The summed E-state index contributed by atoms with van der Waals surface area (Å²) in [6.07, 6.45) is 0. The van der Waals surface area contributed by atoms with E-state index in [1.54, 1.807) is 18.2 Å². The molecule has 0 unspecified atom stereocenters. The fourth-order valence-electron chi connectivity index (χ4n) is 1.46. The second-order valence-electron chi connectivity index (χ2n) is 3.24. The van der Waals surface area contributed by atoms with Crippen molar-refractivity contribution < 1.29 is 9.15 Å². The highest BCUT2D eigenvalue weighted by molar-refractivity contribution is 5.80. The van der Waals surface area contributed by atoms with E-state index in [0.29, 0.717) is 23.3 Å². The molecule has 0 aliphatic rings. The fraction of sp³-hybridized carbons (Fsp3) is 0.182. The predicted octanol–water partition coefficient (Wildman–Crippen LogP) is 3.13. The van der Waals surface area contributed by atoms with Gasteiger partial charge in [-0.15, -0.1) is 0 Å². The third-order valence-corrected chi connectivity index (χ3v) is 2.15. The summed E-state index contributed by atoms with van der Waals surface area (Å²) in [6.45, 7) is 2.42. The highest BCUT2D eigenvalue weighted by atomic mass is 16.5. The first-order valence-corrected chi connectivity index (χ1v) is 5.00. The fourth-order valence-corrected chi connectivity index (χ4v) is 1.46. The second-order valence-corrected chi connectivity index (χ2v) is 3.24. The molecule has 0 saturated carbocycles. The van der Waals surface area contributed by atoms with E-state index in [-0.39, 0.29) is 5.69 Å². The molecule has 6 heteroatoms. The summed E-state index contributed by atoms with van der Waals surface area (Å²) in [5.74, 6) is 0.667. The molecule has 2 rings (SSSR count). The number of fused-ring (bicyclic) bond motifs is 1. The molecular formula is C11H9N3O3. The van der Waals surface area contributed by atoms with Crippen LogP contribution >= 0.6 is 0 Å². The molecule has 0 fully saturated rings. The van der Waals surface area contributed by atoms with E-state index in [9.17, 15) is 4.79 Å². The Morgan fingerprint density at radius 1 is 1.47 bits per heavy atom. The molecule has 86 valence electrons. The molecule has 0 saturated heterocycles. The van der Waals surface area contributed by atoms with Crippen LogP contribution in [-0.2, 0) is 0 Å². The van der Waals surface area contributed by atoms with E-state index in [1.807, 2.05) is 6.92 Å². The van der Waals surface area contributed by atoms with Crippen LogP contribution in [0.5, 0.6) is 5.75 Å². The van der Waals surface area contributed by atoms with E-state index in [1.165, 1.54) is 6.07 Å². The molecule has 1 heterocycles. The lowest BCUT2D eigenvalue weighted by Crippen LogP contribution is -1.97. The molecule has 6 nitrogen and oxygen atoms in total. The quantitative estimate of drug-likeness (QED) is 0.351. The highest BCUT2D eigenvalue weighted by Crippen LogP contribution is 2.22. The Hall–Kier alpha value is -2.46. The van der Waals surface area contributed by atoms with Crippen molar-refractivity contribution in [3.05, 3.63) is 45.1 Å². The van der Waals surface area contributed by atoms with Crippen molar-refractivity contribution in [3.63, 3.8) is 0 Å². The molecule has 0 amide bonds. The molecule has 0 N–H and O–H groups in total. The van der Waals surface area contributed by atoms with Crippen LogP contribution in [0.4, 0.5) is 5.69 Å². The van der Waals surface area contributed by atoms with E-state index in [4.69, 9.17) is 14.7 Å². The van der Waals surface area contributed by atoms with Crippen molar-refractivity contribution in [2.75, 3.05) is 6.61 Å². The highest BCUT2D eigenvalue weighted by Gasteiger charge is 2.04. The molecule has 1 aromatic heterocycles. The molecular weight excluding hydrogens is 222 g/mol. The maximum atomic E-state index is 11.4. The van der Waals surface area contributed by atoms with Crippen LogP contribution in [0, 0.1) is 0 Å². The topological polar surface area (TPSA) is 88.2 Å². The Morgan fingerprint density at radius 2 is 2.29 bits per heavy atom. The predicted molar refractivity (Wildman–Crippen MR) is 62.5 cm³/mol. The van der Waals surface area contributed by atoms with E-state index < -0.39 is 5.63 Å². The Kier molecular flexibility index (Phi) is 2.98. The molecule has 0 bridgehead atoms. The van der Waals surface area contributed by atoms with Gasteiger partial charge in [0.15, 0.2) is 0 Å². The number of benzene rings is 1. The summed E-state index contributed by atoms with van der Waals surface area (Å²) in [5.41, 5.74) is 8.02. The van der Waals surface area contributed by atoms with E-state index in [2.05, 4.69) is 10.0 Å². The average molecular weight is 231 g/mol. The minimum Gasteiger partial charge on any atom is -0.494 e. The van der Waals surface area contributed by atoms with Crippen molar-refractivity contribution in [2.24, 2.45) is 5.11 Å². The Labute approximate surface area is 96.1 Å². The minimum absolute atomic E-state index is 0.0614. The van der Waals surface area contributed by atoms with Crippen LogP contribution < -0.4 is 10.4 Å². The normalized spacial score (nSPS) is 9.94. The molecule has 0 aliphatic carbocycles. The van der Waals surface area contributed by atoms with Gasteiger partial charge in [-0.2, -0.15) is 0 Å². The lowest BCUT2D eigenvalue weighted by Gasteiger charge is -2.03. The summed E-state index contributed by atoms with van der Waals surface area (Å²) in [4.78, 5) is 13.9. The number of hydrogen-bond donors (Lipinski definition) is 0. The lowest BCUT2D eigenvalue weighted by molar-refractivity contribution is 0.340. The van der Waals surface area contributed by atoms with Gasteiger partial charge in [-0.3, -0.25) is 0 Å². The van der Waals surface area contributed by atoms with Gasteiger partial charge < -0.3 is 9.15 Å². The van der Waals surface area contributed by atoms with Crippen LogP contribution in [0.3, 0.4) is 0 Å². The van der Waals surface area contributed by atoms with Gasteiger partial charge in [0.25, 0.3) is 0 Å². The van der Waals surface area contributed by atoms with Gasteiger partial charge in [0.05, 0.1) is 6.61 Å². The molecule has 1 aromatic carbocycles. The third kappa shape index (κ3) is 2.21. The Morgan fingerprint density at radius 3 is 3.00 bits per heavy atom. The summed E-state index contributed by atoms with van der Waals surface area (Å²) in [7, 11) is 0. The Balaban J connectivity index is 2.63. The standard InChI is InChI=1S/C11H9N3O3/c1-2-16-8-3-4-10-7(5-8)6-9(13-14-12)11(15)17-10/h3-6H,2H2,1H3. The van der Waals surface area contributed by atoms with E-state index in [0.717, 1.165) is 0 Å². The number of rotatable bonds is 3. The van der Waals surface area contributed by atoms with Crippen molar-refractivity contribution in [3.8, 4) is 5.75 Å². The number of azide groups is 1. The molecule has 0 atom stereocenters.